The van der Waals surface area contributed by atoms with Gasteiger partial charge in [-0.1, -0.05) is 19.8 Å². The van der Waals surface area contributed by atoms with Gasteiger partial charge in [0.2, 0.25) is 5.95 Å². The van der Waals surface area contributed by atoms with Gasteiger partial charge in [-0.15, -0.1) is 0 Å². The molecule has 0 aliphatic heterocycles. The highest BCUT2D eigenvalue weighted by molar-refractivity contribution is 5.76. The third-order valence-electron chi connectivity index (χ3n) is 2.32. The number of carbonyl (C=O) groups is 1. The van der Waals surface area contributed by atoms with Crippen LogP contribution in [-0.4, -0.2) is 32.2 Å². The SMILES string of the molecule is CCCC[C@H](Nc1nccc(CO)n1)C(=O)O. The van der Waals surface area contributed by atoms with Gasteiger partial charge in [-0.25, -0.2) is 14.8 Å². The van der Waals surface area contributed by atoms with Crippen molar-refractivity contribution in [2.24, 2.45) is 0 Å². The van der Waals surface area contributed by atoms with Gasteiger partial charge in [0.1, 0.15) is 6.04 Å². The van der Waals surface area contributed by atoms with E-state index in [1.165, 1.54) is 6.20 Å². The number of nitrogens with zero attached hydrogens (tertiary/aromatic N) is 2. The quantitative estimate of drug-likeness (QED) is 0.657. The zero-order valence-electron chi connectivity index (χ0n) is 9.76. The number of aliphatic hydroxyl groups is 1. The van der Waals surface area contributed by atoms with E-state index in [1.807, 2.05) is 6.92 Å². The number of nitrogens with one attached hydrogen (secondary N) is 1. The lowest BCUT2D eigenvalue weighted by molar-refractivity contribution is -0.138. The van der Waals surface area contributed by atoms with Gasteiger partial charge in [-0.05, 0) is 12.5 Å². The molecule has 6 heteroatoms. The standard InChI is InChI=1S/C11H17N3O3/c1-2-3-4-9(10(16)17)14-11-12-6-5-8(7-15)13-11/h5-6,9,15H,2-4,7H2,1H3,(H,16,17)(H,12,13,14)/t9-/m0/s1. The fraction of sp³-hybridized carbons (Fsp3) is 0.545. The van der Waals surface area contributed by atoms with Crippen LogP contribution in [0, 0.1) is 0 Å². The lowest BCUT2D eigenvalue weighted by atomic mass is 10.1. The minimum absolute atomic E-state index is 0.191. The number of rotatable bonds is 7. The Balaban J connectivity index is 2.67. The number of anilines is 1. The van der Waals surface area contributed by atoms with Crippen LogP contribution in [-0.2, 0) is 11.4 Å². The van der Waals surface area contributed by atoms with E-state index in [9.17, 15) is 4.79 Å². The largest absolute Gasteiger partial charge is 0.480 e. The molecule has 1 heterocycles. The fourth-order valence-corrected chi connectivity index (χ4v) is 1.38. The van der Waals surface area contributed by atoms with Gasteiger partial charge in [0.25, 0.3) is 0 Å². The van der Waals surface area contributed by atoms with Crippen LogP contribution in [0.15, 0.2) is 12.3 Å². The molecule has 0 saturated heterocycles. The minimum Gasteiger partial charge on any atom is -0.480 e. The highest BCUT2D eigenvalue weighted by Gasteiger charge is 2.17. The summed E-state index contributed by atoms with van der Waals surface area (Å²) in [4.78, 5) is 18.9. The number of hydrogen-bond acceptors (Lipinski definition) is 5. The monoisotopic (exact) mass is 239 g/mol. The Morgan fingerprint density at radius 1 is 1.59 bits per heavy atom. The molecule has 0 spiro atoms. The summed E-state index contributed by atoms with van der Waals surface area (Å²) in [6.07, 6.45) is 3.77. The van der Waals surface area contributed by atoms with E-state index in [1.54, 1.807) is 6.07 Å². The van der Waals surface area contributed by atoms with Crippen molar-refractivity contribution in [3.05, 3.63) is 18.0 Å². The lowest BCUT2D eigenvalue weighted by Crippen LogP contribution is -2.30. The second-order valence-corrected chi connectivity index (χ2v) is 3.71. The van der Waals surface area contributed by atoms with Gasteiger partial charge < -0.3 is 15.5 Å². The Labute approximate surface area is 99.7 Å². The van der Waals surface area contributed by atoms with Crippen molar-refractivity contribution in [1.82, 2.24) is 9.97 Å². The van der Waals surface area contributed by atoms with Gasteiger partial charge in [0.05, 0.1) is 12.3 Å². The second-order valence-electron chi connectivity index (χ2n) is 3.71. The maximum Gasteiger partial charge on any atom is 0.326 e. The molecule has 0 fully saturated rings. The maximum atomic E-state index is 11.0. The fourth-order valence-electron chi connectivity index (χ4n) is 1.38. The molecule has 17 heavy (non-hydrogen) atoms. The molecule has 1 aromatic rings. The molecule has 1 atom stereocenters. The van der Waals surface area contributed by atoms with Gasteiger partial charge >= 0.3 is 5.97 Å². The summed E-state index contributed by atoms with van der Waals surface area (Å²) >= 11 is 0. The molecule has 0 radical (unpaired) electrons. The highest BCUT2D eigenvalue weighted by atomic mass is 16.4. The molecule has 0 aliphatic rings. The first-order valence-corrected chi connectivity index (χ1v) is 5.59. The number of aliphatic hydroxyl groups excluding tert-OH is 1. The van der Waals surface area contributed by atoms with Crippen LogP contribution in [0.4, 0.5) is 5.95 Å². The Morgan fingerprint density at radius 3 is 2.94 bits per heavy atom. The summed E-state index contributed by atoms with van der Waals surface area (Å²) in [5, 5.41) is 20.7. The van der Waals surface area contributed by atoms with Crippen LogP contribution in [0.2, 0.25) is 0 Å². The number of carboxylic acid groups (broad SMARTS) is 1. The molecule has 0 unspecified atom stereocenters. The van der Waals surface area contributed by atoms with Crippen molar-refractivity contribution in [3.8, 4) is 0 Å². The molecule has 0 aromatic carbocycles. The number of aliphatic carboxylic acids is 1. The number of unbranched alkanes of at least 4 members (excludes halogenated alkanes) is 1. The van der Waals surface area contributed by atoms with E-state index in [0.29, 0.717) is 12.1 Å². The van der Waals surface area contributed by atoms with Gasteiger partial charge in [0, 0.05) is 6.20 Å². The molecular weight excluding hydrogens is 222 g/mol. The molecule has 94 valence electrons. The van der Waals surface area contributed by atoms with Crippen molar-refractivity contribution in [2.75, 3.05) is 5.32 Å². The molecule has 1 aromatic heterocycles. The Hall–Kier alpha value is -1.69. The van der Waals surface area contributed by atoms with Crippen LogP contribution in [0.5, 0.6) is 0 Å². The zero-order chi connectivity index (χ0) is 12.7. The molecule has 0 bridgehead atoms. The average molecular weight is 239 g/mol. The van der Waals surface area contributed by atoms with Gasteiger partial charge in [-0.2, -0.15) is 0 Å². The van der Waals surface area contributed by atoms with Crippen LogP contribution in [0.3, 0.4) is 0 Å². The predicted molar refractivity (Wildman–Crippen MR) is 62.5 cm³/mol. The Morgan fingerprint density at radius 2 is 2.35 bits per heavy atom. The zero-order valence-corrected chi connectivity index (χ0v) is 9.76. The highest BCUT2D eigenvalue weighted by Crippen LogP contribution is 2.08. The second kappa shape index (κ2) is 6.80. The molecule has 0 aliphatic carbocycles. The molecule has 0 amide bonds. The molecule has 0 saturated carbocycles. The first kappa shape index (κ1) is 13.4. The minimum atomic E-state index is -0.920. The average Bonchev–Trinajstić information content (AvgIpc) is 2.34. The number of aromatic nitrogens is 2. The molecule has 6 nitrogen and oxygen atoms in total. The summed E-state index contributed by atoms with van der Waals surface area (Å²) < 4.78 is 0. The van der Waals surface area contributed by atoms with Gasteiger partial charge in [-0.3, -0.25) is 0 Å². The first-order valence-electron chi connectivity index (χ1n) is 5.59. The Kier molecular flexibility index (Phi) is 5.35. The van der Waals surface area contributed by atoms with Crippen molar-refractivity contribution in [1.29, 1.82) is 0 Å². The predicted octanol–water partition coefficient (Wildman–Crippen LogP) is 1.02. The van der Waals surface area contributed by atoms with Crippen molar-refractivity contribution < 1.29 is 15.0 Å². The van der Waals surface area contributed by atoms with Crippen molar-refractivity contribution >= 4 is 11.9 Å². The lowest BCUT2D eigenvalue weighted by Gasteiger charge is -2.13. The molecular formula is C11H17N3O3. The van der Waals surface area contributed by atoms with Crippen molar-refractivity contribution in [2.45, 2.75) is 38.8 Å². The number of carboxylic acids is 1. The van der Waals surface area contributed by atoms with Crippen LogP contribution in [0.1, 0.15) is 31.9 Å². The summed E-state index contributed by atoms with van der Waals surface area (Å²) in [6, 6.07) is 0.886. The van der Waals surface area contributed by atoms with Crippen LogP contribution < -0.4 is 5.32 Å². The molecule has 1 rings (SSSR count). The normalized spacial score (nSPS) is 12.1. The van der Waals surface area contributed by atoms with E-state index in [4.69, 9.17) is 10.2 Å². The van der Waals surface area contributed by atoms with E-state index in [-0.39, 0.29) is 12.6 Å². The summed E-state index contributed by atoms with van der Waals surface area (Å²) in [5.41, 5.74) is 0.460. The van der Waals surface area contributed by atoms with Crippen LogP contribution >= 0.6 is 0 Å². The summed E-state index contributed by atoms with van der Waals surface area (Å²) in [5.74, 6) is -0.684. The first-order chi connectivity index (χ1) is 8.17. The third kappa shape index (κ3) is 4.36. The maximum absolute atomic E-state index is 11.0. The topological polar surface area (TPSA) is 95.3 Å². The summed E-state index contributed by atoms with van der Waals surface area (Å²) in [6.45, 7) is 1.81. The third-order valence-corrected chi connectivity index (χ3v) is 2.32. The smallest absolute Gasteiger partial charge is 0.326 e. The van der Waals surface area contributed by atoms with Crippen molar-refractivity contribution in [3.63, 3.8) is 0 Å². The van der Waals surface area contributed by atoms with E-state index < -0.39 is 12.0 Å². The molecule has 3 N–H and O–H groups in total. The van der Waals surface area contributed by atoms with Gasteiger partial charge in [0.15, 0.2) is 0 Å². The van der Waals surface area contributed by atoms with E-state index in [0.717, 1.165) is 12.8 Å². The summed E-state index contributed by atoms with van der Waals surface area (Å²) in [7, 11) is 0. The number of hydrogen-bond donors (Lipinski definition) is 3. The Bertz CT molecular complexity index is 371. The van der Waals surface area contributed by atoms with Crippen LogP contribution in [0.25, 0.3) is 0 Å². The van der Waals surface area contributed by atoms with E-state index >= 15 is 0 Å². The van der Waals surface area contributed by atoms with E-state index in [2.05, 4.69) is 15.3 Å².